The van der Waals surface area contributed by atoms with Gasteiger partial charge in [0.05, 0.1) is 11.9 Å². The Morgan fingerprint density at radius 1 is 1.00 bits per heavy atom. The third-order valence-electron chi connectivity index (χ3n) is 5.13. The summed E-state index contributed by atoms with van der Waals surface area (Å²) in [6.45, 7) is 0. The molecule has 0 amide bonds. The van der Waals surface area contributed by atoms with Gasteiger partial charge in [0.1, 0.15) is 16.2 Å². The predicted octanol–water partition coefficient (Wildman–Crippen LogP) is 3.68. The van der Waals surface area contributed by atoms with Crippen LogP contribution in [0.3, 0.4) is 0 Å². The van der Waals surface area contributed by atoms with Crippen LogP contribution in [0.2, 0.25) is 0 Å². The number of rotatable bonds is 5. The van der Waals surface area contributed by atoms with Crippen molar-refractivity contribution in [3.8, 4) is 5.69 Å². The molecule has 29 heavy (non-hydrogen) atoms. The maximum absolute atomic E-state index is 11.9. The van der Waals surface area contributed by atoms with Crippen molar-refractivity contribution >= 4 is 32.6 Å². The summed E-state index contributed by atoms with van der Waals surface area (Å²) in [4.78, 5) is 26.4. The number of nitrogens with one attached hydrogen (secondary N) is 2. The molecule has 4 aromatic heterocycles. The van der Waals surface area contributed by atoms with E-state index in [0.717, 1.165) is 46.2 Å². The molecule has 0 spiro atoms. The summed E-state index contributed by atoms with van der Waals surface area (Å²) in [7, 11) is 0. The number of anilines is 2. The van der Waals surface area contributed by atoms with Crippen molar-refractivity contribution in [2.45, 2.75) is 31.3 Å². The molecule has 0 bridgehead atoms. The van der Waals surface area contributed by atoms with Crippen LogP contribution in [-0.4, -0.2) is 31.6 Å². The second-order valence-corrected chi connectivity index (χ2v) is 8.13. The van der Waals surface area contributed by atoms with Gasteiger partial charge in [-0.3, -0.25) is 9.36 Å². The lowest BCUT2D eigenvalue weighted by molar-refractivity contribution is 0.722. The van der Waals surface area contributed by atoms with Gasteiger partial charge in [0.2, 0.25) is 0 Å². The van der Waals surface area contributed by atoms with Crippen LogP contribution in [-0.2, 0) is 0 Å². The van der Waals surface area contributed by atoms with Gasteiger partial charge in [-0.1, -0.05) is 17.4 Å². The third-order valence-corrected chi connectivity index (χ3v) is 6.04. The van der Waals surface area contributed by atoms with Gasteiger partial charge < -0.3 is 10.6 Å². The average molecular weight is 404 g/mol. The number of aromatic nitrogens is 4. The van der Waals surface area contributed by atoms with E-state index in [-0.39, 0.29) is 5.56 Å². The Labute approximate surface area is 171 Å². The van der Waals surface area contributed by atoms with Crippen molar-refractivity contribution in [1.82, 2.24) is 19.5 Å². The first kappa shape index (κ1) is 17.8. The minimum Gasteiger partial charge on any atom is -0.367 e. The first-order chi connectivity index (χ1) is 14.2. The highest BCUT2D eigenvalue weighted by Crippen LogP contribution is 2.29. The molecule has 0 radical (unpaired) electrons. The maximum atomic E-state index is 11.9. The Hall–Kier alpha value is -3.26. The summed E-state index contributed by atoms with van der Waals surface area (Å²) >= 11 is 1.60. The Bertz CT molecular complexity index is 1150. The molecule has 146 valence electrons. The van der Waals surface area contributed by atoms with Crippen molar-refractivity contribution in [3.63, 3.8) is 0 Å². The highest BCUT2D eigenvalue weighted by atomic mass is 32.1. The number of nitrogens with zero attached hydrogens (tertiary/aromatic N) is 4. The van der Waals surface area contributed by atoms with Gasteiger partial charge in [-0.2, -0.15) is 0 Å². The first-order valence-electron chi connectivity index (χ1n) is 9.63. The molecule has 8 heteroatoms. The molecule has 4 aromatic rings. The van der Waals surface area contributed by atoms with Crippen LogP contribution in [0.5, 0.6) is 0 Å². The smallest absolute Gasteiger partial charge is 0.255 e. The molecule has 1 saturated carbocycles. The SMILES string of the molecule is O=c1ccccn1-c1ccc(N[C@H]2CC[C@H](Nc3nc4cccnc4s3)C2)nc1. The summed E-state index contributed by atoms with van der Waals surface area (Å²) in [5.74, 6) is 0.826. The fraction of sp³-hybridized carbons (Fsp3) is 0.238. The molecule has 0 saturated heterocycles. The molecule has 2 N–H and O–H groups in total. The predicted molar refractivity (Wildman–Crippen MR) is 116 cm³/mol. The van der Waals surface area contributed by atoms with Crippen molar-refractivity contribution in [1.29, 1.82) is 0 Å². The second-order valence-electron chi connectivity index (χ2n) is 7.15. The van der Waals surface area contributed by atoms with Gasteiger partial charge in [-0.15, -0.1) is 0 Å². The highest BCUT2D eigenvalue weighted by Gasteiger charge is 2.25. The van der Waals surface area contributed by atoms with Crippen molar-refractivity contribution in [3.05, 3.63) is 71.4 Å². The van der Waals surface area contributed by atoms with E-state index in [1.807, 2.05) is 30.3 Å². The van der Waals surface area contributed by atoms with Crippen LogP contribution >= 0.6 is 11.3 Å². The largest absolute Gasteiger partial charge is 0.367 e. The molecule has 4 heterocycles. The zero-order chi connectivity index (χ0) is 19.6. The van der Waals surface area contributed by atoms with Crippen molar-refractivity contribution in [2.24, 2.45) is 0 Å². The Kier molecular flexibility index (Phi) is 4.69. The minimum absolute atomic E-state index is 0.0650. The molecule has 1 aliphatic carbocycles. The normalized spacial score (nSPS) is 18.8. The van der Waals surface area contributed by atoms with Crippen LogP contribution in [0, 0.1) is 0 Å². The molecule has 1 aliphatic rings. The summed E-state index contributed by atoms with van der Waals surface area (Å²) in [5.41, 5.74) is 1.64. The quantitative estimate of drug-likeness (QED) is 0.528. The standard InChI is InChI=1S/C21H20N6OS/c28-19-5-1-2-11-27(19)16-8-9-18(23-13-16)24-14-6-7-15(12-14)25-21-26-17-4-3-10-22-20(17)29-21/h1-5,8-11,13-15H,6-7,12H2,(H,23,24)(H,25,26)/t14-,15-/m0/s1. The maximum Gasteiger partial charge on any atom is 0.255 e. The monoisotopic (exact) mass is 404 g/mol. The van der Waals surface area contributed by atoms with Crippen molar-refractivity contribution in [2.75, 3.05) is 10.6 Å². The van der Waals surface area contributed by atoms with Gasteiger partial charge in [0.25, 0.3) is 5.56 Å². The van der Waals surface area contributed by atoms with Crippen LogP contribution in [0.4, 0.5) is 10.9 Å². The van der Waals surface area contributed by atoms with Crippen LogP contribution < -0.4 is 16.2 Å². The number of hydrogen-bond donors (Lipinski definition) is 2. The van der Waals surface area contributed by atoms with Crippen LogP contribution in [0.25, 0.3) is 16.0 Å². The van der Waals surface area contributed by atoms with Gasteiger partial charge in [-0.25, -0.2) is 15.0 Å². The molecule has 5 rings (SSSR count). The summed E-state index contributed by atoms with van der Waals surface area (Å²) in [6, 6.07) is 13.6. The first-order valence-corrected chi connectivity index (χ1v) is 10.4. The lowest BCUT2D eigenvalue weighted by Gasteiger charge is -2.15. The number of fused-ring (bicyclic) bond motifs is 1. The topological polar surface area (TPSA) is 84.7 Å². The van der Waals surface area contributed by atoms with E-state index in [4.69, 9.17) is 0 Å². The Balaban J connectivity index is 1.21. The van der Waals surface area contributed by atoms with E-state index in [0.29, 0.717) is 12.1 Å². The average Bonchev–Trinajstić information content (AvgIpc) is 3.35. The molecule has 0 unspecified atom stereocenters. The zero-order valence-electron chi connectivity index (χ0n) is 15.7. The molecular weight excluding hydrogens is 384 g/mol. The fourth-order valence-electron chi connectivity index (χ4n) is 3.71. The van der Waals surface area contributed by atoms with Crippen molar-refractivity contribution < 1.29 is 0 Å². The fourth-order valence-corrected chi connectivity index (χ4v) is 4.60. The van der Waals surface area contributed by atoms with E-state index >= 15 is 0 Å². The molecule has 1 fully saturated rings. The zero-order valence-corrected chi connectivity index (χ0v) is 16.5. The summed E-state index contributed by atoms with van der Waals surface area (Å²) < 4.78 is 1.58. The lowest BCUT2D eigenvalue weighted by Crippen LogP contribution is -2.21. The highest BCUT2D eigenvalue weighted by molar-refractivity contribution is 7.21. The molecule has 7 nitrogen and oxygen atoms in total. The van der Waals surface area contributed by atoms with Gasteiger partial charge >= 0.3 is 0 Å². The van der Waals surface area contributed by atoms with Gasteiger partial charge in [0.15, 0.2) is 5.13 Å². The van der Waals surface area contributed by atoms with Gasteiger partial charge in [-0.05, 0) is 49.6 Å². The van der Waals surface area contributed by atoms with E-state index in [9.17, 15) is 4.79 Å². The number of thiazole rings is 1. The Morgan fingerprint density at radius 2 is 1.90 bits per heavy atom. The molecular formula is C21H20N6OS. The van der Waals surface area contributed by atoms with E-state index in [2.05, 4.69) is 25.6 Å². The van der Waals surface area contributed by atoms with Crippen LogP contribution in [0.15, 0.2) is 65.8 Å². The summed E-state index contributed by atoms with van der Waals surface area (Å²) in [6.07, 6.45) is 8.43. The Morgan fingerprint density at radius 3 is 2.69 bits per heavy atom. The molecule has 0 aromatic carbocycles. The molecule has 2 atom stereocenters. The minimum atomic E-state index is -0.0650. The number of pyridine rings is 3. The summed E-state index contributed by atoms with van der Waals surface area (Å²) in [5, 5.41) is 7.99. The van der Waals surface area contributed by atoms with E-state index in [1.54, 1.807) is 46.6 Å². The molecule has 0 aliphatic heterocycles. The third kappa shape index (κ3) is 3.84. The van der Waals surface area contributed by atoms with E-state index in [1.165, 1.54) is 0 Å². The lowest BCUT2D eigenvalue weighted by atomic mass is 10.2. The number of hydrogen-bond acceptors (Lipinski definition) is 7. The second kappa shape index (κ2) is 7.63. The van der Waals surface area contributed by atoms with E-state index < -0.39 is 0 Å². The van der Waals surface area contributed by atoms with Crippen LogP contribution in [0.1, 0.15) is 19.3 Å². The van der Waals surface area contributed by atoms with Gasteiger partial charge in [0, 0.05) is 30.5 Å².